The van der Waals surface area contributed by atoms with Crippen molar-refractivity contribution in [2.24, 2.45) is 0 Å². The average molecular weight is 221 g/mol. The van der Waals surface area contributed by atoms with Gasteiger partial charge in [-0.3, -0.25) is 0 Å². The number of benzene rings is 2. The van der Waals surface area contributed by atoms with Crippen molar-refractivity contribution in [1.82, 2.24) is 0 Å². The number of nitrogen functional groups attached to an aromatic ring is 1. The summed E-state index contributed by atoms with van der Waals surface area (Å²) in [7, 11) is 0. The molecule has 0 unspecified atom stereocenters. The molecule has 1 heteroatoms. The lowest BCUT2D eigenvalue weighted by Crippen LogP contribution is -1.83. The summed E-state index contributed by atoms with van der Waals surface area (Å²) in [4.78, 5) is 0. The molecule has 0 aliphatic heterocycles. The molecule has 2 aromatic rings. The van der Waals surface area contributed by atoms with Crippen molar-refractivity contribution in [3.8, 4) is 0 Å². The standard InChI is InChI=1S/C16H15N/c17-16-12-6-11-15(13-16)10-5-4-9-14-7-2-1-3-8-14/h1-13H,17H2. The van der Waals surface area contributed by atoms with E-state index in [1.807, 2.05) is 60.7 Å². The van der Waals surface area contributed by atoms with E-state index in [1.54, 1.807) is 0 Å². The number of anilines is 1. The van der Waals surface area contributed by atoms with Gasteiger partial charge in [0, 0.05) is 5.69 Å². The van der Waals surface area contributed by atoms with Crippen molar-refractivity contribution < 1.29 is 0 Å². The topological polar surface area (TPSA) is 26.0 Å². The van der Waals surface area contributed by atoms with Gasteiger partial charge in [-0.05, 0) is 23.3 Å². The van der Waals surface area contributed by atoms with E-state index >= 15 is 0 Å². The zero-order valence-electron chi connectivity index (χ0n) is 9.58. The largest absolute Gasteiger partial charge is 0.399 e. The van der Waals surface area contributed by atoms with Gasteiger partial charge in [0.25, 0.3) is 0 Å². The number of hydrogen-bond acceptors (Lipinski definition) is 1. The highest BCUT2D eigenvalue weighted by Gasteiger charge is 1.86. The molecule has 84 valence electrons. The van der Waals surface area contributed by atoms with Crippen LogP contribution in [0.5, 0.6) is 0 Å². The lowest BCUT2D eigenvalue weighted by atomic mass is 10.1. The Morgan fingerprint density at radius 3 is 2.06 bits per heavy atom. The van der Waals surface area contributed by atoms with Crippen molar-refractivity contribution >= 4 is 17.8 Å². The number of hydrogen-bond donors (Lipinski definition) is 1. The summed E-state index contributed by atoms with van der Waals surface area (Å²) in [5.74, 6) is 0. The van der Waals surface area contributed by atoms with Crippen molar-refractivity contribution in [3.63, 3.8) is 0 Å². The summed E-state index contributed by atoms with van der Waals surface area (Å²) in [6, 6.07) is 18.0. The maximum atomic E-state index is 5.70. The normalized spacial score (nSPS) is 11.3. The minimum atomic E-state index is 0.791. The molecule has 0 fully saturated rings. The van der Waals surface area contributed by atoms with E-state index in [1.165, 1.54) is 5.56 Å². The van der Waals surface area contributed by atoms with Gasteiger partial charge in [0.05, 0.1) is 0 Å². The first-order chi connectivity index (χ1) is 8.34. The minimum absolute atomic E-state index is 0.791. The molecule has 0 aliphatic carbocycles. The van der Waals surface area contributed by atoms with Gasteiger partial charge < -0.3 is 5.73 Å². The van der Waals surface area contributed by atoms with Gasteiger partial charge >= 0.3 is 0 Å². The first-order valence-corrected chi connectivity index (χ1v) is 5.60. The van der Waals surface area contributed by atoms with E-state index in [4.69, 9.17) is 5.73 Å². The average Bonchev–Trinajstić information content (AvgIpc) is 2.36. The summed E-state index contributed by atoms with van der Waals surface area (Å²) in [6.07, 6.45) is 8.15. The predicted octanol–water partition coefficient (Wildman–Crippen LogP) is 4.00. The lowest BCUT2D eigenvalue weighted by Gasteiger charge is -1.94. The van der Waals surface area contributed by atoms with Crippen molar-refractivity contribution in [2.45, 2.75) is 0 Å². The van der Waals surface area contributed by atoms with Crippen molar-refractivity contribution in [2.75, 3.05) is 5.73 Å². The van der Waals surface area contributed by atoms with Gasteiger partial charge in [0.1, 0.15) is 0 Å². The molecular formula is C16H15N. The fourth-order valence-electron chi connectivity index (χ4n) is 1.56. The second-order valence-corrected chi connectivity index (χ2v) is 3.80. The van der Waals surface area contributed by atoms with E-state index in [9.17, 15) is 0 Å². The number of nitrogens with two attached hydrogens (primary N) is 1. The summed E-state index contributed by atoms with van der Waals surface area (Å²) >= 11 is 0. The maximum Gasteiger partial charge on any atom is 0.0319 e. The Kier molecular flexibility index (Phi) is 3.77. The Morgan fingerprint density at radius 2 is 1.35 bits per heavy atom. The Morgan fingerprint density at radius 1 is 0.706 bits per heavy atom. The second kappa shape index (κ2) is 5.71. The van der Waals surface area contributed by atoms with Crippen LogP contribution in [0.2, 0.25) is 0 Å². The Hall–Kier alpha value is -2.28. The van der Waals surface area contributed by atoms with Crippen LogP contribution in [-0.2, 0) is 0 Å². The third-order valence-corrected chi connectivity index (χ3v) is 2.40. The Bertz CT molecular complexity index is 524. The molecule has 2 N–H and O–H groups in total. The SMILES string of the molecule is Nc1cccc(C=CC=Cc2ccccc2)c1. The zero-order chi connectivity index (χ0) is 11.9. The molecule has 0 aliphatic rings. The molecule has 0 bridgehead atoms. The molecule has 0 radical (unpaired) electrons. The number of rotatable bonds is 3. The highest BCUT2D eigenvalue weighted by Crippen LogP contribution is 2.08. The lowest BCUT2D eigenvalue weighted by molar-refractivity contribution is 1.64. The molecule has 2 rings (SSSR count). The fourth-order valence-corrected chi connectivity index (χ4v) is 1.56. The maximum absolute atomic E-state index is 5.70. The summed E-state index contributed by atoms with van der Waals surface area (Å²) < 4.78 is 0. The highest BCUT2D eigenvalue weighted by molar-refractivity contribution is 5.59. The van der Waals surface area contributed by atoms with Gasteiger partial charge in [-0.25, -0.2) is 0 Å². The molecular weight excluding hydrogens is 206 g/mol. The van der Waals surface area contributed by atoms with Gasteiger partial charge in [-0.1, -0.05) is 66.8 Å². The zero-order valence-corrected chi connectivity index (χ0v) is 9.58. The van der Waals surface area contributed by atoms with E-state index in [0.29, 0.717) is 0 Å². The Balaban J connectivity index is 2.01. The minimum Gasteiger partial charge on any atom is -0.399 e. The summed E-state index contributed by atoms with van der Waals surface area (Å²) in [5, 5.41) is 0. The van der Waals surface area contributed by atoms with Crippen LogP contribution in [0.1, 0.15) is 11.1 Å². The van der Waals surface area contributed by atoms with Crippen LogP contribution >= 0.6 is 0 Å². The molecule has 0 saturated carbocycles. The highest BCUT2D eigenvalue weighted by atomic mass is 14.5. The molecule has 0 aromatic heterocycles. The smallest absolute Gasteiger partial charge is 0.0319 e. The third kappa shape index (κ3) is 3.65. The predicted molar refractivity (Wildman–Crippen MR) is 75.4 cm³/mol. The van der Waals surface area contributed by atoms with Crippen molar-refractivity contribution in [1.29, 1.82) is 0 Å². The molecule has 0 heterocycles. The second-order valence-electron chi connectivity index (χ2n) is 3.80. The summed E-state index contributed by atoms with van der Waals surface area (Å²) in [6.45, 7) is 0. The van der Waals surface area contributed by atoms with E-state index < -0.39 is 0 Å². The van der Waals surface area contributed by atoms with Crippen LogP contribution in [0, 0.1) is 0 Å². The summed E-state index contributed by atoms with van der Waals surface area (Å²) in [5.41, 5.74) is 8.81. The third-order valence-electron chi connectivity index (χ3n) is 2.40. The van der Waals surface area contributed by atoms with E-state index in [0.717, 1.165) is 11.3 Å². The fraction of sp³-hybridized carbons (Fsp3) is 0. The first kappa shape index (κ1) is 11.2. The molecule has 0 spiro atoms. The first-order valence-electron chi connectivity index (χ1n) is 5.60. The van der Waals surface area contributed by atoms with Gasteiger partial charge in [-0.2, -0.15) is 0 Å². The van der Waals surface area contributed by atoms with Crippen LogP contribution in [0.25, 0.3) is 12.2 Å². The Labute approximate surface area is 102 Å². The van der Waals surface area contributed by atoms with E-state index in [-0.39, 0.29) is 0 Å². The van der Waals surface area contributed by atoms with Gasteiger partial charge in [-0.15, -0.1) is 0 Å². The van der Waals surface area contributed by atoms with Crippen LogP contribution in [0.3, 0.4) is 0 Å². The number of allylic oxidation sites excluding steroid dienone is 2. The molecule has 0 atom stereocenters. The van der Waals surface area contributed by atoms with Gasteiger partial charge in [0.15, 0.2) is 0 Å². The molecule has 17 heavy (non-hydrogen) atoms. The van der Waals surface area contributed by atoms with Crippen molar-refractivity contribution in [3.05, 3.63) is 77.9 Å². The quantitative estimate of drug-likeness (QED) is 0.615. The molecule has 1 nitrogen and oxygen atoms in total. The van der Waals surface area contributed by atoms with Crippen LogP contribution in [0.4, 0.5) is 5.69 Å². The van der Waals surface area contributed by atoms with Gasteiger partial charge in [0.2, 0.25) is 0 Å². The molecule has 2 aromatic carbocycles. The van der Waals surface area contributed by atoms with Crippen LogP contribution in [-0.4, -0.2) is 0 Å². The van der Waals surface area contributed by atoms with E-state index in [2.05, 4.69) is 18.2 Å². The molecule has 0 saturated heterocycles. The monoisotopic (exact) mass is 221 g/mol. The van der Waals surface area contributed by atoms with Crippen LogP contribution < -0.4 is 5.73 Å². The molecule has 0 amide bonds. The van der Waals surface area contributed by atoms with Crippen LogP contribution in [0.15, 0.2) is 66.7 Å².